The number of aryl methyl sites for hydroxylation is 1. The van der Waals surface area contributed by atoms with Crippen LogP contribution in [0.5, 0.6) is 5.75 Å². The third-order valence-electron chi connectivity index (χ3n) is 3.49. The molecular weight excluding hydrogens is 236 g/mol. The zero-order chi connectivity index (χ0) is 14.5. The Labute approximate surface area is 117 Å². The normalized spacial score (nSPS) is 11.9. The Hall–Kier alpha value is -1.06. The lowest BCUT2D eigenvalue weighted by atomic mass is 9.93. The van der Waals surface area contributed by atoms with Gasteiger partial charge >= 0.3 is 0 Å². The monoisotopic (exact) mass is 264 g/mol. The van der Waals surface area contributed by atoms with E-state index in [-0.39, 0.29) is 5.41 Å². The summed E-state index contributed by atoms with van der Waals surface area (Å²) in [4.78, 5) is 2.34. The van der Waals surface area contributed by atoms with Crippen molar-refractivity contribution in [1.29, 1.82) is 0 Å². The largest absolute Gasteiger partial charge is 0.497 e. The molecule has 0 atom stereocenters. The molecule has 3 heteroatoms. The zero-order valence-corrected chi connectivity index (χ0v) is 13.0. The third-order valence-corrected chi connectivity index (χ3v) is 3.49. The van der Waals surface area contributed by atoms with E-state index in [1.54, 1.807) is 7.11 Å². The molecule has 0 bridgehead atoms. The first-order valence-electron chi connectivity index (χ1n) is 6.96. The van der Waals surface area contributed by atoms with E-state index in [9.17, 15) is 0 Å². The lowest BCUT2D eigenvalue weighted by molar-refractivity contribution is 0.209. The fraction of sp³-hybridized carbons (Fsp3) is 0.625. The lowest BCUT2D eigenvalue weighted by Gasteiger charge is -2.29. The van der Waals surface area contributed by atoms with Crippen LogP contribution < -0.4 is 10.5 Å². The van der Waals surface area contributed by atoms with Gasteiger partial charge in [-0.3, -0.25) is 0 Å². The molecule has 0 aliphatic carbocycles. The molecule has 0 unspecified atom stereocenters. The summed E-state index contributed by atoms with van der Waals surface area (Å²) in [5, 5.41) is 0. The van der Waals surface area contributed by atoms with Crippen LogP contribution in [0, 0.1) is 5.41 Å². The molecular formula is C16H28N2O. The first-order valence-corrected chi connectivity index (χ1v) is 6.96. The number of ether oxygens (including phenoxy) is 1. The molecule has 3 nitrogen and oxygen atoms in total. The number of hydrogen-bond donors (Lipinski definition) is 1. The lowest BCUT2D eigenvalue weighted by Crippen LogP contribution is -2.36. The highest BCUT2D eigenvalue weighted by molar-refractivity contribution is 5.35. The van der Waals surface area contributed by atoms with Crippen LogP contribution in [0.1, 0.15) is 31.9 Å². The summed E-state index contributed by atoms with van der Waals surface area (Å²) in [6.45, 7) is 9.26. The van der Waals surface area contributed by atoms with E-state index >= 15 is 0 Å². The number of nitrogens with two attached hydrogens (primary N) is 1. The van der Waals surface area contributed by atoms with Crippen LogP contribution in [0.15, 0.2) is 18.2 Å². The highest BCUT2D eigenvalue weighted by atomic mass is 16.5. The van der Waals surface area contributed by atoms with Crippen LogP contribution in [-0.4, -0.2) is 32.1 Å². The van der Waals surface area contributed by atoms with Crippen molar-refractivity contribution in [3.8, 4) is 5.75 Å². The number of nitrogens with zero attached hydrogens (tertiary/aromatic N) is 1. The van der Waals surface area contributed by atoms with E-state index in [0.29, 0.717) is 6.54 Å². The van der Waals surface area contributed by atoms with E-state index in [0.717, 1.165) is 25.3 Å². The fourth-order valence-corrected chi connectivity index (χ4v) is 2.35. The maximum atomic E-state index is 5.80. The van der Waals surface area contributed by atoms with E-state index in [1.807, 2.05) is 6.07 Å². The highest BCUT2D eigenvalue weighted by Crippen LogP contribution is 2.21. The van der Waals surface area contributed by atoms with E-state index in [2.05, 4.69) is 44.9 Å². The number of hydrogen-bond acceptors (Lipinski definition) is 3. The molecule has 0 saturated heterocycles. The van der Waals surface area contributed by atoms with Gasteiger partial charge in [-0.1, -0.05) is 26.8 Å². The van der Waals surface area contributed by atoms with Gasteiger partial charge in [0.2, 0.25) is 0 Å². The van der Waals surface area contributed by atoms with Crippen molar-refractivity contribution in [3.05, 3.63) is 29.3 Å². The summed E-state index contributed by atoms with van der Waals surface area (Å²) < 4.78 is 5.28. The van der Waals surface area contributed by atoms with Crippen LogP contribution >= 0.6 is 0 Å². The molecule has 1 aromatic carbocycles. The second-order valence-corrected chi connectivity index (χ2v) is 6.03. The minimum absolute atomic E-state index is 0.160. The topological polar surface area (TPSA) is 38.5 Å². The van der Waals surface area contributed by atoms with Crippen LogP contribution in [0.3, 0.4) is 0 Å². The van der Waals surface area contributed by atoms with Crippen LogP contribution in [0.25, 0.3) is 0 Å². The molecule has 0 heterocycles. The van der Waals surface area contributed by atoms with Crippen molar-refractivity contribution >= 4 is 0 Å². The SMILES string of the molecule is CCc1cc(OC)ccc1CN(C)CC(C)(C)CN. The van der Waals surface area contributed by atoms with Gasteiger partial charge in [0.1, 0.15) is 5.75 Å². The minimum atomic E-state index is 0.160. The minimum Gasteiger partial charge on any atom is -0.497 e. The smallest absolute Gasteiger partial charge is 0.119 e. The average molecular weight is 264 g/mol. The summed E-state index contributed by atoms with van der Waals surface area (Å²) in [7, 11) is 3.87. The molecule has 0 aromatic heterocycles. The van der Waals surface area contributed by atoms with Gasteiger partial charge in [-0.05, 0) is 48.7 Å². The molecule has 0 spiro atoms. The summed E-state index contributed by atoms with van der Waals surface area (Å²) in [5.74, 6) is 0.936. The van der Waals surface area contributed by atoms with Gasteiger partial charge < -0.3 is 15.4 Å². The Bertz CT molecular complexity index is 402. The van der Waals surface area contributed by atoms with Crippen LogP contribution in [0.4, 0.5) is 0 Å². The van der Waals surface area contributed by atoms with E-state index in [1.165, 1.54) is 11.1 Å². The predicted molar refractivity (Wildman–Crippen MR) is 81.5 cm³/mol. The highest BCUT2D eigenvalue weighted by Gasteiger charge is 2.18. The third kappa shape index (κ3) is 4.84. The van der Waals surface area contributed by atoms with E-state index in [4.69, 9.17) is 10.5 Å². The van der Waals surface area contributed by atoms with Crippen molar-refractivity contribution in [2.75, 3.05) is 27.2 Å². The molecule has 1 rings (SSSR count). The van der Waals surface area contributed by atoms with Crippen molar-refractivity contribution in [2.24, 2.45) is 11.1 Å². The molecule has 0 aliphatic rings. The molecule has 0 radical (unpaired) electrons. The summed E-state index contributed by atoms with van der Waals surface area (Å²) >= 11 is 0. The Balaban J connectivity index is 2.76. The standard InChI is InChI=1S/C16H28N2O/c1-6-13-9-15(19-5)8-7-14(13)10-18(4)12-16(2,3)11-17/h7-9H,6,10-12,17H2,1-5H3. The number of rotatable bonds is 7. The van der Waals surface area contributed by atoms with Gasteiger partial charge in [0.25, 0.3) is 0 Å². The first kappa shape index (κ1) is 16.0. The zero-order valence-electron chi connectivity index (χ0n) is 13.0. The van der Waals surface area contributed by atoms with Crippen molar-refractivity contribution < 1.29 is 4.74 Å². The van der Waals surface area contributed by atoms with Crippen molar-refractivity contribution in [2.45, 2.75) is 33.7 Å². The van der Waals surface area contributed by atoms with Gasteiger partial charge in [-0.25, -0.2) is 0 Å². The second kappa shape index (κ2) is 6.92. The maximum Gasteiger partial charge on any atom is 0.119 e. The Kier molecular flexibility index (Phi) is 5.83. The van der Waals surface area contributed by atoms with Crippen molar-refractivity contribution in [1.82, 2.24) is 4.90 Å². The van der Waals surface area contributed by atoms with Gasteiger partial charge in [0.15, 0.2) is 0 Å². The molecule has 0 saturated carbocycles. The quantitative estimate of drug-likeness (QED) is 0.823. The first-order chi connectivity index (χ1) is 8.91. The molecule has 0 aliphatic heterocycles. The van der Waals surface area contributed by atoms with E-state index < -0.39 is 0 Å². The molecule has 1 aromatic rings. The van der Waals surface area contributed by atoms with Crippen molar-refractivity contribution in [3.63, 3.8) is 0 Å². The Morgan fingerprint density at radius 3 is 2.47 bits per heavy atom. The summed E-state index contributed by atoms with van der Waals surface area (Å²) in [6.07, 6.45) is 1.03. The van der Waals surface area contributed by atoms with Gasteiger partial charge in [0.05, 0.1) is 7.11 Å². The Morgan fingerprint density at radius 1 is 1.26 bits per heavy atom. The molecule has 108 valence electrons. The predicted octanol–water partition coefficient (Wildman–Crippen LogP) is 2.67. The van der Waals surface area contributed by atoms with Crippen LogP contribution in [0.2, 0.25) is 0 Å². The average Bonchev–Trinajstić information content (AvgIpc) is 2.38. The number of methoxy groups -OCH3 is 1. The molecule has 2 N–H and O–H groups in total. The van der Waals surface area contributed by atoms with Gasteiger partial charge in [-0.15, -0.1) is 0 Å². The number of benzene rings is 1. The fourth-order valence-electron chi connectivity index (χ4n) is 2.35. The second-order valence-electron chi connectivity index (χ2n) is 6.03. The molecule has 0 fully saturated rings. The van der Waals surface area contributed by atoms with Gasteiger partial charge in [0, 0.05) is 13.1 Å². The molecule has 19 heavy (non-hydrogen) atoms. The van der Waals surface area contributed by atoms with Gasteiger partial charge in [-0.2, -0.15) is 0 Å². The maximum absolute atomic E-state index is 5.80. The summed E-state index contributed by atoms with van der Waals surface area (Å²) in [5.41, 5.74) is 8.69. The Morgan fingerprint density at radius 2 is 1.95 bits per heavy atom. The van der Waals surface area contributed by atoms with Crippen LogP contribution in [-0.2, 0) is 13.0 Å². The summed E-state index contributed by atoms with van der Waals surface area (Å²) in [6, 6.07) is 6.34. The molecule has 0 amide bonds.